The third-order valence-electron chi connectivity index (χ3n) is 2.81. The number of amides is 2. The molecule has 0 aliphatic heterocycles. The van der Waals surface area contributed by atoms with Crippen LogP contribution in [0.4, 0.5) is 0 Å². The van der Waals surface area contributed by atoms with Crippen LogP contribution in [0.15, 0.2) is 10.9 Å². The van der Waals surface area contributed by atoms with Gasteiger partial charge >= 0.3 is 0 Å². The summed E-state index contributed by atoms with van der Waals surface area (Å²) >= 11 is 1.33. The minimum absolute atomic E-state index is 0.00340. The summed E-state index contributed by atoms with van der Waals surface area (Å²) in [5.74, 6) is -0.605. The van der Waals surface area contributed by atoms with Crippen LogP contribution < -0.4 is 10.6 Å². The summed E-state index contributed by atoms with van der Waals surface area (Å²) in [7, 11) is 0. The number of hydrogen-bond donors (Lipinski definition) is 3. The Hall–Kier alpha value is -1.47. The van der Waals surface area contributed by atoms with E-state index in [-0.39, 0.29) is 24.4 Å². The highest BCUT2D eigenvalue weighted by molar-refractivity contribution is 7.07. The van der Waals surface area contributed by atoms with Crippen molar-refractivity contribution in [3.63, 3.8) is 0 Å². The maximum absolute atomic E-state index is 11.5. The maximum atomic E-state index is 11.5. The van der Waals surface area contributed by atoms with Crippen molar-refractivity contribution in [3.05, 3.63) is 16.6 Å². The number of thiazole rings is 1. The second kappa shape index (κ2) is 5.03. The number of carbonyl (C=O) groups excluding carboxylic acids is 2. The Bertz CT molecular complexity index is 436. The fourth-order valence-electron chi connectivity index (χ4n) is 1.96. The second-order valence-electron chi connectivity index (χ2n) is 4.73. The summed E-state index contributed by atoms with van der Waals surface area (Å²) in [6.45, 7) is 1.66. The lowest BCUT2D eigenvalue weighted by Crippen LogP contribution is -2.54. The number of nitrogens with zero attached hydrogens (tertiary/aromatic N) is 1. The maximum Gasteiger partial charge on any atom is 0.271 e. The number of rotatable bonds is 4. The molecule has 1 heterocycles. The zero-order valence-electron chi connectivity index (χ0n) is 9.97. The van der Waals surface area contributed by atoms with Gasteiger partial charge in [0.25, 0.3) is 5.91 Å². The SMILES string of the molecule is CC1(O)CC(NC(=O)CNC(=O)c2cscn2)C1. The number of hydrogen-bond acceptors (Lipinski definition) is 5. The molecule has 2 rings (SSSR count). The first-order valence-corrected chi connectivity index (χ1v) is 6.59. The molecule has 1 aromatic heterocycles. The normalized spacial score (nSPS) is 26.2. The van der Waals surface area contributed by atoms with E-state index in [1.165, 1.54) is 11.3 Å². The van der Waals surface area contributed by atoms with E-state index in [0.29, 0.717) is 18.5 Å². The predicted molar refractivity (Wildman–Crippen MR) is 66.2 cm³/mol. The highest BCUT2D eigenvalue weighted by atomic mass is 32.1. The molecular formula is C11H15N3O3S. The lowest BCUT2D eigenvalue weighted by atomic mass is 9.77. The van der Waals surface area contributed by atoms with E-state index in [1.807, 2.05) is 0 Å². The number of carbonyl (C=O) groups is 2. The van der Waals surface area contributed by atoms with Crippen molar-refractivity contribution in [3.8, 4) is 0 Å². The summed E-state index contributed by atoms with van der Waals surface area (Å²) in [5.41, 5.74) is 1.21. The van der Waals surface area contributed by atoms with E-state index in [1.54, 1.807) is 17.8 Å². The Kier molecular flexibility index (Phi) is 3.63. The number of aromatic nitrogens is 1. The van der Waals surface area contributed by atoms with Crippen LogP contribution in [0, 0.1) is 0 Å². The minimum Gasteiger partial charge on any atom is -0.390 e. The first-order chi connectivity index (χ1) is 8.46. The summed E-state index contributed by atoms with van der Waals surface area (Å²) < 4.78 is 0. The molecule has 0 spiro atoms. The average molecular weight is 269 g/mol. The molecule has 0 atom stereocenters. The van der Waals surface area contributed by atoms with Gasteiger partial charge in [0, 0.05) is 11.4 Å². The van der Waals surface area contributed by atoms with Crippen molar-refractivity contribution in [2.45, 2.75) is 31.4 Å². The van der Waals surface area contributed by atoms with Crippen molar-refractivity contribution in [2.75, 3.05) is 6.54 Å². The van der Waals surface area contributed by atoms with E-state index in [4.69, 9.17) is 0 Å². The lowest BCUT2D eigenvalue weighted by molar-refractivity contribution is -0.123. The minimum atomic E-state index is -0.665. The topological polar surface area (TPSA) is 91.3 Å². The third kappa shape index (κ3) is 3.27. The Balaban J connectivity index is 1.68. The Labute approximate surface area is 108 Å². The van der Waals surface area contributed by atoms with Gasteiger partial charge in [-0.25, -0.2) is 4.98 Å². The standard InChI is InChI=1S/C11H15N3O3S/c1-11(17)2-7(3-11)14-9(15)4-12-10(16)8-5-18-6-13-8/h5-7,17H,2-4H2,1H3,(H,12,16)(H,14,15). The molecular weight excluding hydrogens is 254 g/mol. The molecule has 1 saturated carbocycles. The number of nitrogens with one attached hydrogen (secondary N) is 2. The van der Waals surface area contributed by atoms with Gasteiger partial charge in [0.15, 0.2) is 0 Å². The zero-order chi connectivity index (χ0) is 13.2. The largest absolute Gasteiger partial charge is 0.390 e. The summed E-state index contributed by atoms with van der Waals surface area (Å²) in [6.07, 6.45) is 1.11. The van der Waals surface area contributed by atoms with Crippen LogP contribution >= 0.6 is 11.3 Å². The molecule has 1 fully saturated rings. The molecule has 1 aliphatic carbocycles. The van der Waals surface area contributed by atoms with Crippen molar-refractivity contribution in [1.82, 2.24) is 15.6 Å². The van der Waals surface area contributed by atoms with Gasteiger partial charge in [0.2, 0.25) is 5.91 Å². The third-order valence-corrected chi connectivity index (χ3v) is 3.40. The van der Waals surface area contributed by atoms with Gasteiger partial charge < -0.3 is 15.7 Å². The molecule has 98 valence electrons. The van der Waals surface area contributed by atoms with Gasteiger partial charge in [0.1, 0.15) is 5.69 Å². The molecule has 1 aliphatic rings. The molecule has 0 saturated heterocycles. The van der Waals surface area contributed by atoms with Crippen LogP contribution in [0.1, 0.15) is 30.3 Å². The fourth-order valence-corrected chi connectivity index (χ4v) is 2.49. The summed E-state index contributed by atoms with van der Waals surface area (Å²) in [6, 6.07) is 0.00340. The van der Waals surface area contributed by atoms with Crippen LogP contribution in [0.3, 0.4) is 0 Å². The monoisotopic (exact) mass is 269 g/mol. The lowest BCUT2D eigenvalue weighted by Gasteiger charge is -2.41. The van der Waals surface area contributed by atoms with Crippen molar-refractivity contribution < 1.29 is 14.7 Å². The second-order valence-corrected chi connectivity index (χ2v) is 5.44. The van der Waals surface area contributed by atoms with Gasteiger partial charge in [0.05, 0.1) is 17.7 Å². The van der Waals surface area contributed by atoms with Crippen LogP contribution in [-0.2, 0) is 4.79 Å². The van der Waals surface area contributed by atoms with Gasteiger partial charge in [-0.05, 0) is 19.8 Å². The molecule has 18 heavy (non-hydrogen) atoms. The van der Waals surface area contributed by atoms with Crippen LogP contribution in [0.2, 0.25) is 0 Å². The molecule has 1 aromatic rings. The predicted octanol–water partition coefficient (Wildman–Crippen LogP) is -0.0975. The van der Waals surface area contributed by atoms with Gasteiger partial charge in [-0.15, -0.1) is 11.3 Å². The molecule has 2 amide bonds. The first-order valence-electron chi connectivity index (χ1n) is 5.64. The quantitative estimate of drug-likeness (QED) is 0.712. The molecule has 0 unspecified atom stereocenters. The average Bonchev–Trinajstić information content (AvgIpc) is 2.76. The van der Waals surface area contributed by atoms with Crippen molar-refractivity contribution in [1.29, 1.82) is 0 Å². The van der Waals surface area contributed by atoms with E-state index >= 15 is 0 Å². The van der Waals surface area contributed by atoms with Crippen molar-refractivity contribution in [2.24, 2.45) is 0 Å². The molecule has 7 heteroatoms. The first kappa shape index (κ1) is 13.0. The van der Waals surface area contributed by atoms with Crippen molar-refractivity contribution >= 4 is 23.2 Å². The summed E-state index contributed by atoms with van der Waals surface area (Å²) in [5, 5.41) is 16.4. The van der Waals surface area contributed by atoms with E-state index < -0.39 is 5.60 Å². The van der Waals surface area contributed by atoms with Gasteiger partial charge in [-0.2, -0.15) is 0 Å². The molecule has 0 aromatic carbocycles. The Morgan fingerprint density at radius 1 is 1.61 bits per heavy atom. The number of aliphatic hydroxyl groups is 1. The fraction of sp³-hybridized carbons (Fsp3) is 0.545. The van der Waals surface area contributed by atoms with Gasteiger partial charge in [-0.1, -0.05) is 0 Å². The van der Waals surface area contributed by atoms with Crippen LogP contribution in [0.5, 0.6) is 0 Å². The summed E-state index contributed by atoms with van der Waals surface area (Å²) in [4.78, 5) is 26.8. The molecule has 0 bridgehead atoms. The van der Waals surface area contributed by atoms with Gasteiger partial charge in [-0.3, -0.25) is 9.59 Å². The van der Waals surface area contributed by atoms with E-state index in [2.05, 4.69) is 15.6 Å². The highest BCUT2D eigenvalue weighted by Gasteiger charge is 2.38. The van der Waals surface area contributed by atoms with Crippen LogP contribution in [0.25, 0.3) is 0 Å². The molecule has 6 nitrogen and oxygen atoms in total. The van der Waals surface area contributed by atoms with Crippen LogP contribution in [-0.4, -0.2) is 40.1 Å². The smallest absolute Gasteiger partial charge is 0.271 e. The molecule has 0 radical (unpaired) electrons. The Morgan fingerprint density at radius 3 is 2.89 bits per heavy atom. The Morgan fingerprint density at radius 2 is 2.33 bits per heavy atom. The van der Waals surface area contributed by atoms with E-state index in [0.717, 1.165) is 0 Å². The molecule has 3 N–H and O–H groups in total. The van der Waals surface area contributed by atoms with E-state index in [9.17, 15) is 14.7 Å². The highest BCUT2D eigenvalue weighted by Crippen LogP contribution is 2.31. The zero-order valence-corrected chi connectivity index (χ0v) is 10.8.